The average molecular weight is 130 g/mol. The molecule has 0 radical (unpaired) electrons. The number of aliphatic hydroxyl groups excluding tert-OH is 2. The molecule has 0 aromatic heterocycles. The lowest BCUT2D eigenvalue weighted by Gasteiger charge is -2.17. The Kier molecular flexibility index (Phi) is 1.78. The Morgan fingerprint density at radius 3 is 2.22 bits per heavy atom. The third-order valence-corrected chi connectivity index (χ3v) is 2.30. The molecule has 1 aliphatic carbocycles. The summed E-state index contributed by atoms with van der Waals surface area (Å²) in [6.07, 6.45) is 2.49. The van der Waals surface area contributed by atoms with Crippen LogP contribution in [-0.4, -0.2) is 22.9 Å². The van der Waals surface area contributed by atoms with Crippen LogP contribution >= 0.6 is 0 Å². The minimum absolute atomic E-state index is 0.0885. The van der Waals surface area contributed by atoms with Crippen molar-refractivity contribution in [1.82, 2.24) is 0 Å². The first kappa shape index (κ1) is 7.03. The zero-order valence-electron chi connectivity index (χ0n) is 5.80. The first-order chi connectivity index (χ1) is 4.25. The Hall–Kier alpha value is -0.0800. The molecular weight excluding hydrogens is 116 g/mol. The van der Waals surface area contributed by atoms with E-state index in [1.165, 1.54) is 0 Å². The molecule has 1 saturated carbocycles. The molecule has 0 saturated heterocycles. The quantitative estimate of drug-likeness (QED) is 0.585. The second kappa shape index (κ2) is 2.27. The molecule has 0 heterocycles. The van der Waals surface area contributed by atoms with Crippen molar-refractivity contribution in [3.8, 4) is 0 Å². The van der Waals surface area contributed by atoms with Gasteiger partial charge in [-0.25, -0.2) is 0 Å². The molecule has 1 aliphatic rings. The molecule has 0 amide bonds. The van der Waals surface area contributed by atoms with Crippen LogP contribution in [0.2, 0.25) is 0 Å². The summed E-state index contributed by atoms with van der Waals surface area (Å²) in [4.78, 5) is 0. The standard InChI is InChI=1S/C7H14O2/c1-2-6(9)7(5-8)3-4-7/h6,8-9H,2-5H2,1H3/t6-/m1/s1. The molecule has 0 aromatic rings. The van der Waals surface area contributed by atoms with Crippen LogP contribution in [0.5, 0.6) is 0 Å². The summed E-state index contributed by atoms with van der Waals surface area (Å²) in [6, 6.07) is 0. The molecule has 2 nitrogen and oxygen atoms in total. The van der Waals surface area contributed by atoms with Crippen LogP contribution in [0.15, 0.2) is 0 Å². The lowest BCUT2D eigenvalue weighted by atomic mass is 9.99. The van der Waals surface area contributed by atoms with Crippen LogP contribution in [0.3, 0.4) is 0 Å². The maximum atomic E-state index is 9.29. The van der Waals surface area contributed by atoms with Crippen LogP contribution in [0.1, 0.15) is 26.2 Å². The Labute approximate surface area is 55.5 Å². The second-order valence-corrected chi connectivity index (χ2v) is 2.94. The van der Waals surface area contributed by atoms with Crippen LogP contribution in [0, 0.1) is 5.41 Å². The largest absolute Gasteiger partial charge is 0.396 e. The van der Waals surface area contributed by atoms with Gasteiger partial charge in [-0.1, -0.05) is 6.92 Å². The summed E-state index contributed by atoms with van der Waals surface area (Å²) in [5, 5.41) is 18.1. The van der Waals surface area contributed by atoms with E-state index in [2.05, 4.69) is 0 Å². The number of rotatable bonds is 3. The summed E-state index contributed by atoms with van der Waals surface area (Å²) in [5.41, 5.74) is -0.0885. The second-order valence-electron chi connectivity index (χ2n) is 2.94. The molecule has 0 aliphatic heterocycles. The molecule has 0 spiro atoms. The molecule has 0 aromatic carbocycles. The fourth-order valence-electron chi connectivity index (χ4n) is 1.19. The average Bonchev–Trinajstić information content (AvgIpc) is 2.66. The van der Waals surface area contributed by atoms with Crippen molar-refractivity contribution in [2.24, 2.45) is 5.41 Å². The lowest BCUT2D eigenvalue weighted by molar-refractivity contribution is 0.0483. The van der Waals surface area contributed by atoms with Crippen molar-refractivity contribution >= 4 is 0 Å². The van der Waals surface area contributed by atoms with E-state index in [1.54, 1.807) is 0 Å². The van der Waals surface area contributed by atoms with E-state index < -0.39 is 0 Å². The van der Waals surface area contributed by atoms with Crippen LogP contribution < -0.4 is 0 Å². The van der Waals surface area contributed by atoms with Gasteiger partial charge in [-0.3, -0.25) is 0 Å². The third-order valence-electron chi connectivity index (χ3n) is 2.30. The van der Waals surface area contributed by atoms with Crippen molar-refractivity contribution in [2.75, 3.05) is 6.61 Å². The summed E-state index contributed by atoms with van der Waals surface area (Å²) in [6.45, 7) is 2.10. The molecule has 54 valence electrons. The van der Waals surface area contributed by atoms with Gasteiger partial charge < -0.3 is 10.2 Å². The van der Waals surface area contributed by atoms with Crippen molar-refractivity contribution < 1.29 is 10.2 Å². The highest BCUT2D eigenvalue weighted by molar-refractivity contribution is 4.97. The fraction of sp³-hybridized carbons (Fsp3) is 1.00. The smallest absolute Gasteiger partial charge is 0.0615 e. The van der Waals surface area contributed by atoms with Crippen molar-refractivity contribution in [3.63, 3.8) is 0 Å². The first-order valence-corrected chi connectivity index (χ1v) is 3.54. The maximum Gasteiger partial charge on any atom is 0.0615 e. The first-order valence-electron chi connectivity index (χ1n) is 3.54. The molecule has 1 atom stereocenters. The SMILES string of the molecule is CC[C@@H](O)C1(CO)CC1. The topological polar surface area (TPSA) is 40.5 Å². The molecule has 0 bridgehead atoms. The van der Waals surface area contributed by atoms with Crippen LogP contribution in [0.25, 0.3) is 0 Å². The van der Waals surface area contributed by atoms with E-state index in [9.17, 15) is 5.11 Å². The predicted octanol–water partition coefficient (Wildman–Crippen LogP) is 0.530. The van der Waals surface area contributed by atoms with Gasteiger partial charge in [0.15, 0.2) is 0 Å². The fourth-order valence-corrected chi connectivity index (χ4v) is 1.19. The Morgan fingerprint density at radius 1 is 1.56 bits per heavy atom. The minimum Gasteiger partial charge on any atom is -0.396 e. The van der Waals surface area contributed by atoms with Gasteiger partial charge in [0.2, 0.25) is 0 Å². The van der Waals surface area contributed by atoms with E-state index in [4.69, 9.17) is 5.11 Å². The summed E-state index contributed by atoms with van der Waals surface area (Å²) < 4.78 is 0. The monoisotopic (exact) mass is 130 g/mol. The molecule has 1 rings (SSSR count). The van der Waals surface area contributed by atoms with E-state index in [0.29, 0.717) is 0 Å². The molecule has 2 heteroatoms. The van der Waals surface area contributed by atoms with Crippen LogP contribution in [-0.2, 0) is 0 Å². The van der Waals surface area contributed by atoms with Gasteiger partial charge in [-0.15, -0.1) is 0 Å². The molecule has 9 heavy (non-hydrogen) atoms. The molecule has 2 N–H and O–H groups in total. The van der Waals surface area contributed by atoms with Gasteiger partial charge in [0, 0.05) is 5.41 Å². The van der Waals surface area contributed by atoms with Gasteiger partial charge in [0.05, 0.1) is 12.7 Å². The van der Waals surface area contributed by atoms with E-state index >= 15 is 0 Å². The van der Waals surface area contributed by atoms with E-state index in [0.717, 1.165) is 19.3 Å². The Bertz CT molecular complexity index is 97.1. The zero-order chi connectivity index (χ0) is 6.91. The molecule has 1 fully saturated rings. The Morgan fingerprint density at radius 2 is 2.11 bits per heavy atom. The van der Waals surface area contributed by atoms with Crippen molar-refractivity contribution in [3.05, 3.63) is 0 Å². The highest BCUT2D eigenvalue weighted by atomic mass is 16.3. The summed E-state index contributed by atoms with van der Waals surface area (Å²) >= 11 is 0. The lowest BCUT2D eigenvalue weighted by Crippen LogP contribution is -2.24. The normalized spacial score (nSPS) is 25.7. The van der Waals surface area contributed by atoms with Gasteiger partial charge in [-0.2, -0.15) is 0 Å². The Balaban J connectivity index is 2.39. The third kappa shape index (κ3) is 1.10. The van der Waals surface area contributed by atoms with Crippen molar-refractivity contribution in [2.45, 2.75) is 32.3 Å². The summed E-state index contributed by atoms with van der Waals surface area (Å²) in [5.74, 6) is 0. The van der Waals surface area contributed by atoms with E-state index in [-0.39, 0.29) is 18.1 Å². The minimum atomic E-state index is -0.275. The van der Waals surface area contributed by atoms with Gasteiger partial charge >= 0.3 is 0 Å². The molecular formula is C7H14O2. The number of hydrogen-bond donors (Lipinski definition) is 2. The number of aliphatic hydroxyl groups is 2. The van der Waals surface area contributed by atoms with Gasteiger partial charge in [0.25, 0.3) is 0 Å². The highest BCUT2D eigenvalue weighted by Gasteiger charge is 2.47. The predicted molar refractivity (Wildman–Crippen MR) is 35.1 cm³/mol. The van der Waals surface area contributed by atoms with Crippen LogP contribution in [0.4, 0.5) is 0 Å². The molecule has 0 unspecified atom stereocenters. The highest BCUT2D eigenvalue weighted by Crippen LogP contribution is 2.48. The number of hydrogen-bond acceptors (Lipinski definition) is 2. The van der Waals surface area contributed by atoms with Crippen molar-refractivity contribution in [1.29, 1.82) is 0 Å². The summed E-state index contributed by atoms with van der Waals surface area (Å²) in [7, 11) is 0. The maximum absolute atomic E-state index is 9.29. The zero-order valence-corrected chi connectivity index (χ0v) is 5.80. The van der Waals surface area contributed by atoms with E-state index in [1.807, 2.05) is 6.92 Å². The van der Waals surface area contributed by atoms with Gasteiger partial charge in [0.1, 0.15) is 0 Å². The van der Waals surface area contributed by atoms with Gasteiger partial charge in [-0.05, 0) is 19.3 Å².